The monoisotopic (exact) mass is 583 g/mol. The number of ether oxygens (including phenoxy) is 1. The zero-order valence-corrected chi connectivity index (χ0v) is 24.5. The second kappa shape index (κ2) is 12.8. The quantitative estimate of drug-likeness (QED) is 0.394. The van der Waals surface area contributed by atoms with Gasteiger partial charge in [-0.2, -0.15) is 4.31 Å². The predicted octanol–water partition coefficient (Wildman–Crippen LogP) is 2.07. The van der Waals surface area contributed by atoms with Crippen molar-refractivity contribution in [2.75, 3.05) is 32.1 Å². The molecule has 41 heavy (non-hydrogen) atoms. The molecule has 0 saturated carbocycles. The Morgan fingerprint density at radius 3 is 2.63 bits per heavy atom. The maximum Gasteiger partial charge on any atom is 0.261 e. The van der Waals surface area contributed by atoms with Crippen molar-refractivity contribution < 1.29 is 27.9 Å². The van der Waals surface area contributed by atoms with Crippen LogP contribution in [0.4, 0.5) is 5.69 Å². The predicted molar refractivity (Wildman–Crippen MR) is 154 cm³/mol. The van der Waals surface area contributed by atoms with Crippen LogP contribution in [-0.2, 0) is 39.5 Å². The van der Waals surface area contributed by atoms with Gasteiger partial charge in [-0.05, 0) is 30.7 Å². The molecule has 2 heterocycles. The van der Waals surface area contributed by atoms with E-state index >= 15 is 0 Å². The van der Waals surface area contributed by atoms with Gasteiger partial charge in [-0.3, -0.25) is 9.59 Å². The second-order valence-corrected chi connectivity index (χ2v) is 12.6. The molecule has 0 bridgehead atoms. The molecule has 0 radical (unpaired) electrons. The van der Waals surface area contributed by atoms with E-state index in [2.05, 4.69) is 10.3 Å². The van der Waals surface area contributed by atoms with Crippen molar-refractivity contribution in [3.63, 3.8) is 0 Å². The number of hydrogen-bond donors (Lipinski definition) is 2. The maximum atomic E-state index is 13.4. The summed E-state index contributed by atoms with van der Waals surface area (Å²) in [4.78, 5) is 31.7. The molecule has 3 aromatic rings. The lowest BCUT2D eigenvalue weighted by atomic mass is 10.0. The minimum atomic E-state index is -3.89. The summed E-state index contributed by atoms with van der Waals surface area (Å²) in [5.74, 6) is -0.259. The molecule has 2 aromatic carbocycles. The minimum Gasteiger partial charge on any atom is -0.488 e. The van der Waals surface area contributed by atoms with Crippen LogP contribution >= 0.6 is 0 Å². The van der Waals surface area contributed by atoms with Crippen LogP contribution in [0, 0.1) is 5.92 Å². The number of nitrogens with zero attached hydrogens (tertiary/aromatic N) is 4. The van der Waals surface area contributed by atoms with Crippen LogP contribution in [0.2, 0.25) is 0 Å². The third-order valence-corrected chi connectivity index (χ3v) is 8.91. The van der Waals surface area contributed by atoms with Crippen LogP contribution in [0.15, 0.2) is 66.1 Å². The first kappa shape index (κ1) is 30.2. The minimum absolute atomic E-state index is 0.00458. The zero-order valence-electron chi connectivity index (χ0n) is 23.7. The number of rotatable bonds is 9. The van der Waals surface area contributed by atoms with Crippen LogP contribution < -0.4 is 10.1 Å². The van der Waals surface area contributed by atoms with Gasteiger partial charge in [-0.1, -0.05) is 37.3 Å². The van der Waals surface area contributed by atoms with Crippen LogP contribution in [-0.4, -0.2) is 83.0 Å². The molecule has 11 nitrogen and oxygen atoms in total. The highest BCUT2D eigenvalue weighted by atomic mass is 32.2. The number of aliphatic hydroxyl groups is 1. The fourth-order valence-electron chi connectivity index (χ4n) is 4.74. The molecule has 0 spiro atoms. The van der Waals surface area contributed by atoms with E-state index in [4.69, 9.17) is 4.74 Å². The lowest BCUT2D eigenvalue weighted by Crippen LogP contribution is -2.48. The van der Waals surface area contributed by atoms with Crippen molar-refractivity contribution in [2.45, 2.75) is 43.9 Å². The number of aryl methyl sites for hydroxylation is 1. The number of sulfonamides is 1. The lowest BCUT2D eigenvalue weighted by molar-refractivity contribution is -0.134. The highest BCUT2D eigenvalue weighted by Crippen LogP contribution is 2.30. The SMILES string of the molecule is C[C@H](CO)N1C[C@H](C)[C@@H](CN(C)S(=O)(=O)c2cn(C)cn2)Oc2ccc(NC(=O)Cc3ccccc3)cc2CC1=O. The number of aliphatic hydroxyl groups excluding tert-OH is 1. The first-order valence-electron chi connectivity index (χ1n) is 13.5. The highest BCUT2D eigenvalue weighted by molar-refractivity contribution is 7.89. The van der Waals surface area contributed by atoms with Gasteiger partial charge in [0.05, 0.1) is 38.4 Å². The summed E-state index contributed by atoms with van der Waals surface area (Å²) in [6.45, 7) is 3.69. The molecule has 3 atom stereocenters. The molecule has 1 aliphatic heterocycles. The van der Waals surface area contributed by atoms with Gasteiger partial charge in [-0.25, -0.2) is 13.4 Å². The van der Waals surface area contributed by atoms with Crippen molar-refractivity contribution in [3.05, 3.63) is 72.2 Å². The van der Waals surface area contributed by atoms with Crippen LogP contribution in [0.1, 0.15) is 25.0 Å². The van der Waals surface area contributed by atoms with Gasteiger partial charge in [0.1, 0.15) is 11.9 Å². The average molecular weight is 584 g/mol. The number of likely N-dealkylation sites (N-methyl/N-ethyl adjacent to an activating group) is 1. The Kier molecular flexibility index (Phi) is 9.46. The molecule has 2 N–H and O–H groups in total. The Labute approximate surface area is 240 Å². The van der Waals surface area contributed by atoms with Crippen molar-refractivity contribution in [3.8, 4) is 5.75 Å². The standard InChI is InChI=1S/C29H37N5O6S/c1-20-15-34(21(2)18-35)29(37)14-23-13-24(31-27(36)12-22-8-6-5-7-9-22)10-11-25(23)40-26(20)16-33(4)41(38,39)28-17-32(3)19-30-28/h5-11,13,17,19-21,26,35H,12,14-16,18H2,1-4H3,(H,31,36)/t20-,21+,26+/m0/s1. The molecule has 12 heteroatoms. The number of carbonyl (C=O) groups excluding carboxylic acids is 2. The molecular formula is C29H37N5O6S. The first-order chi connectivity index (χ1) is 19.5. The fraction of sp³-hybridized carbons (Fsp3) is 0.414. The summed E-state index contributed by atoms with van der Waals surface area (Å²) in [6.07, 6.45) is 2.42. The summed E-state index contributed by atoms with van der Waals surface area (Å²) in [5.41, 5.74) is 1.94. The van der Waals surface area contributed by atoms with Gasteiger partial charge in [0.15, 0.2) is 5.03 Å². The van der Waals surface area contributed by atoms with E-state index in [-0.39, 0.29) is 55.3 Å². The Bertz CT molecular complexity index is 1480. The van der Waals surface area contributed by atoms with Gasteiger partial charge < -0.3 is 24.6 Å². The van der Waals surface area contributed by atoms with Crippen LogP contribution in [0.25, 0.3) is 0 Å². The number of fused-ring (bicyclic) bond motifs is 1. The molecule has 220 valence electrons. The first-order valence-corrected chi connectivity index (χ1v) is 14.9. The molecule has 0 saturated heterocycles. The van der Waals surface area contributed by atoms with E-state index in [0.717, 1.165) is 5.56 Å². The molecule has 0 aliphatic carbocycles. The van der Waals surface area contributed by atoms with Gasteiger partial charge in [0.25, 0.3) is 10.0 Å². The number of benzene rings is 2. The number of hydrogen-bond acceptors (Lipinski definition) is 7. The van der Waals surface area contributed by atoms with Crippen LogP contribution in [0.5, 0.6) is 5.75 Å². The lowest BCUT2D eigenvalue weighted by Gasteiger charge is -2.33. The van der Waals surface area contributed by atoms with Gasteiger partial charge in [0, 0.05) is 44.0 Å². The summed E-state index contributed by atoms with van der Waals surface area (Å²) in [7, 11) is -0.723. The topological polar surface area (TPSA) is 134 Å². The van der Waals surface area contributed by atoms with Crippen LogP contribution in [0.3, 0.4) is 0 Å². The van der Waals surface area contributed by atoms with E-state index in [0.29, 0.717) is 17.0 Å². The number of anilines is 1. The number of imidazole rings is 1. The molecule has 2 amide bonds. The Morgan fingerprint density at radius 1 is 1.24 bits per heavy atom. The Balaban J connectivity index is 1.62. The molecule has 0 fully saturated rings. The van der Waals surface area contributed by atoms with Crippen molar-refractivity contribution in [1.82, 2.24) is 18.8 Å². The Hall–Kier alpha value is -3.74. The van der Waals surface area contributed by atoms with Gasteiger partial charge in [0.2, 0.25) is 11.8 Å². The van der Waals surface area contributed by atoms with E-state index < -0.39 is 22.2 Å². The van der Waals surface area contributed by atoms with E-state index in [1.54, 1.807) is 41.6 Å². The fourth-order valence-corrected chi connectivity index (χ4v) is 5.89. The molecule has 4 rings (SSSR count). The maximum absolute atomic E-state index is 13.4. The number of carbonyl (C=O) groups is 2. The van der Waals surface area contributed by atoms with E-state index in [9.17, 15) is 23.1 Å². The van der Waals surface area contributed by atoms with Crippen molar-refractivity contribution in [2.24, 2.45) is 13.0 Å². The number of aromatic nitrogens is 2. The number of nitrogens with one attached hydrogen (secondary N) is 1. The molecule has 1 aliphatic rings. The summed E-state index contributed by atoms with van der Waals surface area (Å²) in [6, 6.07) is 14.0. The summed E-state index contributed by atoms with van der Waals surface area (Å²) >= 11 is 0. The summed E-state index contributed by atoms with van der Waals surface area (Å²) < 4.78 is 35.6. The molecule has 0 unspecified atom stereocenters. The second-order valence-electron chi connectivity index (χ2n) is 10.6. The van der Waals surface area contributed by atoms with Gasteiger partial charge in [-0.15, -0.1) is 0 Å². The van der Waals surface area contributed by atoms with Gasteiger partial charge >= 0.3 is 0 Å². The van der Waals surface area contributed by atoms with Crippen molar-refractivity contribution >= 4 is 27.5 Å². The van der Waals surface area contributed by atoms with E-state index in [1.165, 1.54) is 23.9 Å². The summed E-state index contributed by atoms with van der Waals surface area (Å²) in [5, 5.41) is 12.7. The molecular weight excluding hydrogens is 546 g/mol. The highest BCUT2D eigenvalue weighted by Gasteiger charge is 2.34. The number of amides is 2. The largest absolute Gasteiger partial charge is 0.488 e. The van der Waals surface area contributed by atoms with Crippen molar-refractivity contribution in [1.29, 1.82) is 0 Å². The third kappa shape index (κ3) is 7.32. The Morgan fingerprint density at radius 2 is 1.98 bits per heavy atom. The average Bonchev–Trinajstić information content (AvgIpc) is 3.40. The third-order valence-electron chi connectivity index (χ3n) is 7.20. The zero-order chi connectivity index (χ0) is 29.7. The normalized spacial score (nSPS) is 18.6. The smallest absolute Gasteiger partial charge is 0.261 e. The van der Waals surface area contributed by atoms with E-state index in [1.807, 2.05) is 37.3 Å². The molecule has 1 aromatic heterocycles.